The number of carbonyl (C=O) groups excluding carboxylic acids is 1. The van der Waals surface area contributed by atoms with E-state index in [9.17, 15) is 4.79 Å². The molecule has 1 aliphatic rings. The molecular formula is C26H18Cl2N4O2. The lowest BCUT2D eigenvalue weighted by atomic mass is 9.98. The highest BCUT2D eigenvalue weighted by atomic mass is 35.5. The molecule has 0 radical (unpaired) electrons. The van der Waals surface area contributed by atoms with Gasteiger partial charge in [0, 0.05) is 36.2 Å². The summed E-state index contributed by atoms with van der Waals surface area (Å²) in [5.41, 5.74) is 8.02. The third-order valence-electron chi connectivity index (χ3n) is 5.92. The van der Waals surface area contributed by atoms with E-state index >= 15 is 0 Å². The Morgan fingerprint density at radius 3 is 2.76 bits per heavy atom. The topological polar surface area (TPSA) is 72.8 Å². The van der Waals surface area contributed by atoms with Crippen molar-refractivity contribution in [3.05, 3.63) is 93.9 Å². The third kappa shape index (κ3) is 4.01. The fourth-order valence-electron chi connectivity index (χ4n) is 4.18. The second kappa shape index (κ2) is 8.86. The molecule has 168 valence electrons. The average Bonchev–Trinajstić information content (AvgIpc) is 3.23. The number of anilines is 2. The standard InChI is InChI=1S/C26H18Cl2N4O2/c1-30-22-4-2-3-21(28)25(22)34-23-11-16(6-8-20(23)27)17-12-24(33)32(14-17)18-7-5-15-9-10-31-26(29)19(15)13-18/h2-11,13,17H,12,14H2,(H2,29,31)/t17-/m0/s1. The van der Waals surface area contributed by atoms with E-state index in [4.69, 9.17) is 40.2 Å². The maximum atomic E-state index is 12.9. The van der Waals surface area contributed by atoms with Crippen LogP contribution < -0.4 is 15.4 Å². The molecule has 1 amide bonds. The van der Waals surface area contributed by atoms with E-state index < -0.39 is 0 Å². The molecule has 1 atom stereocenters. The molecule has 2 N–H and O–H groups in total. The summed E-state index contributed by atoms with van der Waals surface area (Å²) >= 11 is 12.6. The predicted molar refractivity (Wildman–Crippen MR) is 135 cm³/mol. The van der Waals surface area contributed by atoms with Gasteiger partial charge in [-0.05, 0) is 47.3 Å². The van der Waals surface area contributed by atoms with Crippen LogP contribution in [0.4, 0.5) is 17.2 Å². The number of hydrogen-bond acceptors (Lipinski definition) is 4. The first-order chi connectivity index (χ1) is 16.4. The van der Waals surface area contributed by atoms with Gasteiger partial charge >= 0.3 is 0 Å². The fourth-order valence-corrected chi connectivity index (χ4v) is 4.54. The molecule has 0 saturated carbocycles. The monoisotopic (exact) mass is 488 g/mol. The summed E-state index contributed by atoms with van der Waals surface area (Å²) < 4.78 is 5.96. The lowest BCUT2D eigenvalue weighted by Gasteiger charge is -2.18. The summed E-state index contributed by atoms with van der Waals surface area (Å²) in [4.78, 5) is 22.3. The number of halogens is 2. The number of rotatable bonds is 4. The number of hydrogen-bond donors (Lipinski definition) is 1. The van der Waals surface area contributed by atoms with Crippen molar-refractivity contribution in [2.24, 2.45) is 0 Å². The molecule has 0 aliphatic carbocycles. The van der Waals surface area contributed by atoms with Crippen LogP contribution in [0.2, 0.25) is 10.0 Å². The van der Waals surface area contributed by atoms with Crippen molar-refractivity contribution < 1.29 is 9.53 Å². The van der Waals surface area contributed by atoms with E-state index in [1.54, 1.807) is 35.4 Å². The SMILES string of the molecule is [C-]#[N+]c1cccc(Cl)c1Oc1cc([C@H]2CC(=O)N(c3ccc4ccnc(N)c4c3)C2)ccc1Cl. The van der Waals surface area contributed by atoms with Gasteiger partial charge in [-0.2, -0.15) is 0 Å². The number of para-hydroxylation sites is 1. The lowest BCUT2D eigenvalue weighted by molar-refractivity contribution is -0.117. The minimum atomic E-state index is -0.0550. The molecule has 0 spiro atoms. The Labute approximate surface area is 206 Å². The number of benzene rings is 3. The predicted octanol–water partition coefficient (Wildman–Crippen LogP) is 6.99. The summed E-state index contributed by atoms with van der Waals surface area (Å²) in [7, 11) is 0. The molecule has 1 aliphatic heterocycles. The van der Waals surface area contributed by atoms with Crippen molar-refractivity contribution in [1.29, 1.82) is 0 Å². The Morgan fingerprint density at radius 1 is 1.09 bits per heavy atom. The number of nitrogen functional groups attached to an aromatic ring is 1. The van der Waals surface area contributed by atoms with Gasteiger partial charge in [-0.3, -0.25) is 4.79 Å². The highest BCUT2D eigenvalue weighted by Gasteiger charge is 2.32. The zero-order chi connectivity index (χ0) is 23.8. The Kier molecular flexibility index (Phi) is 5.74. The van der Waals surface area contributed by atoms with Gasteiger partial charge in [0.25, 0.3) is 0 Å². The van der Waals surface area contributed by atoms with Gasteiger partial charge in [-0.25, -0.2) is 9.83 Å². The van der Waals surface area contributed by atoms with Crippen LogP contribution in [0.25, 0.3) is 15.6 Å². The summed E-state index contributed by atoms with van der Waals surface area (Å²) in [5, 5.41) is 2.49. The fraction of sp³-hybridized carbons (Fsp3) is 0.115. The van der Waals surface area contributed by atoms with Crippen molar-refractivity contribution in [1.82, 2.24) is 4.98 Å². The number of nitrogens with two attached hydrogens (primary N) is 1. The minimum Gasteiger partial charge on any atom is -0.465 e. The first-order valence-corrected chi connectivity index (χ1v) is 11.3. The van der Waals surface area contributed by atoms with Crippen LogP contribution >= 0.6 is 23.2 Å². The smallest absolute Gasteiger partial charge is 0.230 e. The van der Waals surface area contributed by atoms with E-state index in [-0.39, 0.29) is 17.6 Å². The van der Waals surface area contributed by atoms with Crippen LogP contribution in [0.3, 0.4) is 0 Å². The second-order valence-corrected chi connectivity index (χ2v) is 8.81. The van der Waals surface area contributed by atoms with Crippen molar-refractivity contribution in [2.75, 3.05) is 17.2 Å². The van der Waals surface area contributed by atoms with Gasteiger partial charge in [0.2, 0.25) is 11.6 Å². The van der Waals surface area contributed by atoms with Gasteiger partial charge in [0.05, 0.1) is 16.6 Å². The van der Waals surface area contributed by atoms with E-state index in [0.717, 1.165) is 22.0 Å². The van der Waals surface area contributed by atoms with Crippen LogP contribution in [0, 0.1) is 6.57 Å². The molecule has 0 bridgehead atoms. The molecule has 2 heterocycles. The zero-order valence-corrected chi connectivity index (χ0v) is 19.3. The molecule has 5 rings (SSSR count). The van der Waals surface area contributed by atoms with E-state index in [1.807, 2.05) is 36.4 Å². The highest BCUT2D eigenvalue weighted by Crippen LogP contribution is 2.42. The molecule has 8 heteroatoms. The summed E-state index contributed by atoms with van der Waals surface area (Å²) in [6.45, 7) is 7.87. The molecule has 34 heavy (non-hydrogen) atoms. The number of aromatic nitrogens is 1. The Balaban J connectivity index is 1.43. The van der Waals surface area contributed by atoms with Gasteiger partial charge in [0.1, 0.15) is 11.6 Å². The van der Waals surface area contributed by atoms with Crippen molar-refractivity contribution >= 4 is 57.1 Å². The van der Waals surface area contributed by atoms with Crippen molar-refractivity contribution in [3.8, 4) is 11.5 Å². The van der Waals surface area contributed by atoms with E-state index in [1.165, 1.54) is 0 Å². The lowest BCUT2D eigenvalue weighted by Crippen LogP contribution is -2.24. The van der Waals surface area contributed by atoms with Gasteiger partial charge < -0.3 is 15.4 Å². The minimum absolute atomic E-state index is 0.0191. The zero-order valence-electron chi connectivity index (χ0n) is 17.8. The van der Waals surface area contributed by atoms with Gasteiger partial charge in [-0.15, -0.1) is 0 Å². The van der Waals surface area contributed by atoms with Gasteiger partial charge in [-0.1, -0.05) is 47.5 Å². The molecule has 1 saturated heterocycles. The number of nitrogens with zero attached hydrogens (tertiary/aromatic N) is 3. The van der Waals surface area contributed by atoms with Crippen LogP contribution in [0.5, 0.6) is 11.5 Å². The van der Waals surface area contributed by atoms with E-state index in [0.29, 0.717) is 40.3 Å². The number of amides is 1. The average molecular weight is 489 g/mol. The van der Waals surface area contributed by atoms with Crippen LogP contribution in [0.1, 0.15) is 17.9 Å². The Hall–Kier alpha value is -3.79. The molecule has 1 fully saturated rings. The molecule has 1 aromatic heterocycles. The maximum absolute atomic E-state index is 12.9. The quantitative estimate of drug-likeness (QED) is 0.314. The third-order valence-corrected chi connectivity index (χ3v) is 6.53. The summed E-state index contributed by atoms with van der Waals surface area (Å²) in [6, 6.07) is 18.1. The number of fused-ring (bicyclic) bond motifs is 1. The Bertz CT molecular complexity index is 1480. The number of ether oxygens (including phenoxy) is 1. The van der Waals surface area contributed by atoms with Crippen molar-refractivity contribution in [2.45, 2.75) is 12.3 Å². The number of carbonyl (C=O) groups is 1. The number of pyridine rings is 1. The Morgan fingerprint density at radius 2 is 1.94 bits per heavy atom. The maximum Gasteiger partial charge on any atom is 0.230 e. The first kappa shape index (κ1) is 22.0. The molecule has 6 nitrogen and oxygen atoms in total. The second-order valence-electron chi connectivity index (χ2n) is 8.00. The van der Waals surface area contributed by atoms with Crippen LogP contribution in [0.15, 0.2) is 66.9 Å². The normalized spacial score (nSPS) is 15.5. The van der Waals surface area contributed by atoms with E-state index in [2.05, 4.69) is 9.83 Å². The molecule has 0 unspecified atom stereocenters. The largest absolute Gasteiger partial charge is 0.465 e. The summed E-state index contributed by atoms with van der Waals surface area (Å²) in [5.74, 6) is 1.03. The van der Waals surface area contributed by atoms with Gasteiger partial charge in [0.15, 0.2) is 5.75 Å². The first-order valence-electron chi connectivity index (χ1n) is 10.5. The van der Waals surface area contributed by atoms with Crippen LogP contribution in [-0.2, 0) is 4.79 Å². The molecule has 4 aromatic rings. The summed E-state index contributed by atoms with van der Waals surface area (Å²) in [6.07, 6.45) is 2.01. The molecular weight excluding hydrogens is 471 g/mol. The molecule has 3 aromatic carbocycles. The highest BCUT2D eigenvalue weighted by molar-refractivity contribution is 6.33. The van der Waals surface area contributed by atoms with Crippen LogP contribution in [-0.4, -0.2) is 17.4 Å². The van der Waals surface area contributed by atoms with Crippen molar-refractivity contribution in [3.63, 3.8) is 0 Å².